The molecule has 0 fully saturated rings. The summed E-state index contributed by atoms with van der Waals surface area (Å²) in [6.07, 6.45) is 6.27. The van der Waals surface area contributed by atoms with Crippen LogP contribution in [0.15, 0.2) is 134 Å². The summed E-state index contributed by atoms with van der Waals surface area (Å²) >= 11 is 0. The topological polar surface area (TPSA) is 9.86 Å². The quantitative estimate of drug-likeness (QED) is 0.222. The third kappa shape index (κ3) is 3.49. The average molecular weight is 501 g/mol. The van der Waals surface area contributed by atoms with Gasteiger partial charge in [-0.15, -0.1) is 0 Å². The Morgan fingerprint density at radius 1 is 0.564 bits per heavy atom. The minimum absolute atomic E-state index is 1.09. The highest BCUT2D eigenvalue weighted by Gasteiger charge is 2.21. The fourth-order valence-corrected chi connectivity index (χ4v) is 6.06. The van der Waals surface area contributed by atoms with E-state index in [9.17, 15) is 0 Å². The highest BCUT2D eigenvalue weighted by molar-refractivity contribution is 6.14. The average Bonchev–Trinajstić information content (AvgIpc) is 3.50. The van der Waals surface area contributed by atoms with Gasteiger partial charge in [-0.2, -0.15) is 0 Å². The number of aromatic nitrogens is 2. The predicted octanol–water partition coefficient (Wildman–Crippen LogP) is 10.1. The van der Waals surface area contributed by atoms with Gasteiger partial charge in [-0.05, 0) is 43.3 Å². The molecule has 0 unspecified atom stereocenters. The number of nitrogens with zero attached hydrogens (tertiary/aromatic N) is 2. The summed E-state index contributed by atoms with van der Waals surface area (Å²) in [6.45, 7) is 6.30. The van der Waals surface area contributed by atoms with E-state index in [1.54, 1.807) is 0 Å². The van der Waals surface area contributed by atoms with E-state index in [0.717, 1.165) is 17.1 Å². The van der Waals surface area contributed by atoms with E-state index < -0.39 is 0 Å². The zero-order chi connectivity index (χ0) is 26.3. The van der Waals surface area contributed by atoms with Crippen molar-refractivity contribution in [2.24, 2.45) is 0 Å². The molecule has 0 aliphatic heterocycles. The van der Waals surface area contributed by atoms with Crippen LogP contribution in [-0.4, -0.2) is 9.13 Å². The lowest BCUT2D eigenvalue weighted by atomic mass is 9.99. The summed E-state index contributed by atoms with van der Waals surface area (Å²) in [7, 11) is 0. The molecule has 5 aromatic carbocycles. The van der Waals surface area contributed by atoms with Crippen molar-refractivity contribution < 1.29 is 0 Å². The molecule has 2 nitrogen and oxygen atoms in total. The number of para-hydroxylation sites is 5. The minimum Gasteiger partial charge on any atom is -0.309 e. The van der Waals surface area contributed by atoms with Crippen LogP contribution in [0.5, 0.6) is 0 Å². The van der Waals surface area contributed by atoms with Crippen molar-refractivity contribution >= 4 is 44.9 Å². The van der Waals surface area contributed by atoms with Crippen LogP contribution in [0.25, 0.3) is 67.4 Å². The molecule has 39 heavy (non-hydrogen) atoms. The smallest absolute Gasteiger partial charge is 0.0620 e. The van der Waals surface area contributed by atoms with Gasteiger partial charge in [-0.25, -0.2) is 0 Å². The van der Waals surface area contributed by atoms with E-state index in [4.69, 9.17) is 0 Å². The van der Waals surface area contributed by atoms with Gasteiger partial charge in [0.15, 0.2) is 0 Å². The summed E-state index contributed by atoms with van der Waals surface area (Å²) in [4.78, 5) is 0. The Bertz CT molecular complexity index is 2030. The van der Waals surface area contributed by atoms with Crippen LogP contribution < -0.4 is 0 Å². The first-order valence-electron chi connectivity index (χ1n) is 13.4. The van der Waals surface area contributed by atoms with E-state index in [1.807, 2.05) is 6.08 Å². The third-order valence-corrected chi connectivity index (χ3v) is 7.62. The van der Waals surface area contributed by atoms with Gasteiger partial charge in [-0.1, -0.05) is 110 Å². The van der Waals surface area contributed by atoms with E-state index in [2.05, 4.69) is 156 Å². The summed E-state index contributed by atoms with van der Waals surface area (Å²) in [5.74, 6) is 0. The van der Waals surface area contributed by atoms with Gasteiger partial charge in [0.05, 0.1) is 27.9 Å². The van der Waals surface area contributed by atoms with E-state index >= 15 is 0 Å². The zero-order valence-electron chi connectivity index (χ0n) is 21.9. The molecule has 7 aromatic rings. The van der Waals surface area contributed by atoms with Crippen molar-refractivity contribution in [1.82, 2.24) is 9.13 Å². The molecule has 0 spiro atoms. The second kappa shape index (κ2) is 9.34. The second-order valence-electron chi connectivity index (χ2n) is 9.76. The third-order valence-electron chi connectivity index (χ3n) is 7.62. The molecule has 0 aliphatic carbocycles. The fraction of sp³-hybridized carbons (Fsp3) is 0.0270. The maximum absolute atomic E-state index is 4.23. The van der Waals surface area contributed by atoms with Crippen molar-refractivity contribution in [3.63, 3.8) is 0 Å². The van der Waals surface area contributed by atoms with Crippen molar-refractivity contribution in [2.75, 3.05) is 0 Å². The van der Waals surface area contributed by atoms with E-state index in [-0.39, 0.29) is 0 Å². The molecule has 0 N–H and O–H groups in total. The Morgan fingerprint density at radius 3 is 1.95 bits per heavy atom. The van der Waals surface area contributed by atoms with Crippen LogP contribution in [0, 0.1) is 0 Å². The molecule has 2 aromatic heterocycles. The zero-order valence-corrected chi connectivity index (χ0v) is 21.9. The standard InChI is InChI=1S/C37H28N2/c1-3-15-27-28-18-8-12-24-35(28)39(33(27)4-2)36-25-13-10-20-30(36)32-22-14-21-31-29-19-9-11-23-34(29)38(37(31)32)26-16-6-5-7-17-26/h3-25H,2H2,1H3/b15-3-. The van der Waals surface area contributed by atoms with Crippen LogP contribution in [0.3, 0.4) is 0 Å². The van der Waals surface area contributed by atoms with Crippen LogP contribution in [0.2, 0.25) is 0 Å². The SMILES string of the molecule is C=Cc1c(/C=C\C)c2ccccc2n1-c1ccccc1-c1cccc2c3ccccc3n(-c3ccccc3)c12. The first-order valence-corrected chi connectivity index (χ1v) is 13.4. The summed E-state index contributed by atoms with van der Waals surface area (Å²) < 4.78 is 4.77. The molecule has 0 bridgehead atoms. The molecule has 0 aliphatic rings. The van der Waals surface area contributed by atoms with Crippen molar-refractivity contribution in [3.8, 4) is 22.5 Å². The lowest BCUT2D eigenvalue weighted by Crippen LogP contribution is -2.01. The molecule has 2 heterocycles. The Labute approximate surface area is 228 Å². The maximum Gasteiger partial charge on any atom is 0.0620 e. The number of hydrogen-bond acceptors (Lipinski definition) is 0. The van der Waals surface area contributed by atoms with Crippen LogP contribution in [-0.2, 0) is 0 Å². The maximum atomic E-state index is 4.23. The van der Waals surface area contributed by atoms with Gasteiger partial charge in [-0.3, -0.25) is 0 Å². The molecular formula is C37H28N2. The number of rotatable bonds is 5. The minimum atomic E-state index is 1.09. The normalized spacial score (nSPS) is 11.7. The van der Waals surface area contributed by atoms with Crippen molar-refractivity contribution in [3.05, 3.63) is 145 Å². The molecular weight excluding hydrogens is 472 g/mol. The van der Waals surface area contributed by atoms with Crippen molar-refractivity contribution in [2.45, 2.75) is 6.92 Å². The van der Waals surface area contributed by atoms with Gasteiger partial charge >= 0.3 is 0 Å². The number of allylic oxidation sites excluding steroid dienone is 1. The van der Waals surface area contributed by atoms with E-state index in [1.165, 1.54) is 49.4 Å². The largest absolute Gasteiger partial charge is 0.309 e. The number of fused-ring (bicyclic) bond motifs is 4. The lowest BCUT2D eigenvalue weighted by molar-refractivity contribution is 1.11. The molecule has 0 atom stereocenters. The summed E-state index contributed by atoms with van der Waals surface area (Å²) in [5.41, 5.74) is 10.5. The Morgan fingerprint density at radius 2 is 1.18 bits per heavy atom. The fourth-order valence-electron chi connectivity index (χ4n) is 6.06. The highest BCUT2D eigenvalue weighted by Crippen LogP contribution is 2.41. The Kier molecular flexibility index (Phi) is 5.53. The van der Waals surface area contributed by atoms with Gasteiger partial charge in [0, 0.05) is 38.5 Å². The van der Waals surface area contributed by atoms with Crippen LogP contribution >= 0.6 is 0 Å². The Hall–Kier alpha value is -5.08. The van der Waals surface area contributed by atoms with Crippen LogP contribution in [0.1, 0.15) is 18.2 Å². The monoisotopic (exact) mass is 500 g/mol. The van der Waals surface area contributed by atoms with Crippen LogP contribution in [0.4, 0.5) is 0 Å². The molecule has 2 heteroatoms. The first-order chi connectivity index (χ1) is 19.3. The number of hydrogen-bond donors (Lipinski definition) is 0. The van der Waals surface area contributed by atoms with Gasteiger partial charge < -0.3 is 9.13 Å². The summed E-state index contributed by atoms with van der Waals surface area (Å²) in [5, 5.41) is 3.72. The predicted molar refractivity (Wildman–Crippen MR) is 168 cm³/mol. The molecule has 0 saturated carbocycles. The van der Waals surface area contributed by atoms with Crippen molar-refractivity contribution in [1.29, 1.82) is 0 Å². The van der Waals surface area contributed by atoms with E-state index in [0.29, 0.717) is 0 Å². The lowest BCUT2D eigenvalue weighted by Gasteiger charge is -2.17. The highest BCUT2D eigenvalue weighted by atomic mass is 15.0. The van der Waals surface area contributed by atoms with Gasteiger partial charge in [0.2, 0.25) is 0 Å². The second-order valence-corrected chi connectivity index (χ2v) is 9.76. The summed E-state index contributed by atoms with van der Waals surface area (Å²) in [6, 6.07) is 43.4. The Balaban J connectivity index is 1.62. The van der Waals surface area contributed by atoms with Gasteiger partial charge in [0.25, 0.3) is 0 Å². The molecule has 186 valence electrons. The van der Waals surface area contributed by atoms with Gasteiger partial charge in [0.1, 0.15) is 0 Å². The number of benzene rings is 5. The molecule has 0 amide bonds. The molecule has 0 saturated heterocycles. The molecule has 7 rings (SSSR count). The molecule has 0 radical (unpaired) electrons. The first kappa shape index (κ1) is 23.1.